The van der Waals surface area contributed by atoms with Crippen molar-refractivity contribution in [3.8, 4) is 0 Å². The van der Waals surface area contributed by atoms with E-state index in [-0.39, 0.29) is 17.6 Å². The van der Waals surface area contributed by atoms with Crippen molar-refractivity contribution in [2.75, 3.05) is 0 Å². The van der Waals surface area contributed by atoms with Crippen molar-refractivity contribution in [1.29, 1.82) is 0 Å². The molecule has 6 fully saturated rings. The summed E-state index contributed by atoms with van der Waals surface area (Å²) in [5, 5.41) is 0. The molecule has 4 aliphatic carbocycles. The SMILES string of the molecule is C[C@]12C[C@H]3O[C@H]3C[C@@H]1CC[C@@H]1[C@@H]2CC[C@]2(C)[C@@H]3O[C@@H]3C(=O)[C@@H]12. The van der Waals surface area contributed by atoms with Crippen LogP contribution in [0.4, 0.5) is 0 Å². The molecule has 6 aliphatic rings. The Balaban J connectivity index is 1.38. The molecule has 10 atom stereocenters. The highest BCUT2D eigenvalue weighted by Crippen LogP contribution is 2.69. The summed E-state index contributed by atoms with van der Waals surface area (Å²) in [6.07, 6.45) is 9.00. The average molecular weight is 302 g/mol. The zero-order valence-corrected chi connectivity index (χ0v) is 13.6. The number of hydrogen-bond donors (Lipinski definition) is 0. The van der Waals surface area contributed by atoms with Crippen LogP contribution < -0.4 is 0 Å². The summed E-state index contributed by atoms with van der Waals surface area (Å²) in [6.45, 7) is 4.88. The van der Waals surface area contributed by atoms with Crippen LogP contribution >= 0.6 is 0 Å². The Morgan fingerprint density at radius 2 is 1.91 bits per heavy atom. The number of ketones is 1. The maximum absolute atomic E-state index is 12.8. The summed E-state index contributed by atoms with van der Waals surface area (Å²) in [5.41, 5.74) is 0.579. The van der Waals surface area contributed by atoms with E-state index in [2.05, 4.69) is 13.8 Å². The number of hydrogen-bond acceptors (Lipinski definition) is 3. The van der Waals surface area contributed by atoms with Crippen LogP contribution in [-0.4, -0.2) is 30.2 Å². The second-order valence-electron chi connectivity index (χ2n) is 9.61. The lowest BCUT2D eigenvalue weighted by Crippen LogP contribution is -2.55. The van der Waals surface area contributed by atoms with Crippen LogP contribution in [0.5, 0.6) is 0 Å². The highest BCUT2D eigenvalue weighted by Gasteiger charge is 2.73. The lowest BCUT2D eigenvalue weighted by atomic mass is 9.45. The molecule has 3 heteroatoms. The third-order valence-electron chi connectivity index (χ3n) is 8.85. The van der Waals surface area contributed by atoms with Crippen LogP contribution in [0.15, 0.2) is 0 Å². The molecule has 0 radical (unpaired) electrons. The minimum atomic E-state index is -0.0261. The molecule has 22 heavy (non-hydrogen) atoms. The molecule has 0 aromatic rings. The molecule has 0 spiro atoms. The number of Topliss-reactive ketones (excluding diaryl/α,β-unsaturated/α-hetero) is 1. The first-order chi connectivity index (χ1) is 10.5. The van der Waals surface area contributed by atoms with Gasteiger partial charge >= 0.3 is 0 Å². The standard InChI is InChI=1S/C19H26O3/c1-18-6-5-11-10(14(18)15(20)16-17(18)22-16)4-3-9-7-12-13(21-12)8-19(9,11)2/h9-14,16-17H,3-8H2,1-2H3/t9-,10+,11-,12-,13+,14+,16+,17+,18-,19-/m0/s1. The average Bonchev–Trinajstić information content (AvgIpc) is 3.36. The van der Waals surface area contributed by atoms with E-state index in [9.17, 15) is 4.79 Å². The first-order valence-electron chi connectivity index (χ1n) is 9.37. The Bertz CT molecular complexity index is 573. The number of carbonyl (C=O) groups is 1. The van der Waals surface area contributed by atoms with Gasteiger partial charge in [0, 0.05) is 11.3 Å². The Labute approximate surface area is 132 Å². The van der Waals surface area contributed by atoms with Crippen LogP contribution in [0.2, 0.25) is 0 Å². The second-order valence-corrected chi connectivity index (χ2v) is 9.61. The summed E-state index contributed by atoms with van der Waals surface area (Å²) in [7, 11) is 0. The highest BCUT2D eigenvalue weighted by atomic mass is 16.6. The summed E-state index contributed by atoms with van der Waals surface area (Å²) in [6, 6.07) is 0. The molecule has 4 saturated carbocycles. The Morgan fingerprint density at radius 1 is 1.05 bits per heavy atom. The summed E-state index contributed by atoms with van der Waals surface area (Å²) in [4.78, 5) is 12.8. The third-order valence-corrected chi connectivity index (χ3v) is 8.85. The van der Waals surface area contributed by atoms with Gasteiger partial charge in [0.1, 0.15) is 6.10 Å². The van der Waals surface area contributed by atoms with Crippen molar-refractivity contribution < 1.29 is 14.3 Å². The van der Waals surface area contributed by atoms with Gasteiger partial charge in [0.25, 0.3) is 0 Å². The van der Waals surface area contributed by atoms with Gasteiger partial charge in [-0.3, -0.25) is 4.79 Å². The summed E-state index contributed by atoms with van der Waals surface area (Å²) in [5.74, 6) is 2.96. The lowest BCUT2D eigenvalue weighted by molar-refractivity contribution is -0.147. The number of ether oxygens (including phenoxy) is 2. The van der Waals surface area contributed by atoms with Crippen LogP contribution in [0, 0.1) is 34.5 Å². The van der Waals surface area contributed by atoms with Crippen LogP contribution in [-0.2, 0) is 14.3 Å². The predicted octanol–water partition coefficient (Wildman–Crippen LogP) is 2.96. The molecule has 2 aliphatic heterocycles. The molecular formula is C19H26O3. The van der Waals surface area contributed by atoms with E-state index < -0.39 is 0 Å². The van der Waals surface area contributed by atoms with E-state index in [0.29, 0.717) is 35.2 Å². The fraction of sp³-hybridized carbons (Fsp3) is 0.947. The number of epoxide rings is 2. The minimum Gasteiger partial charge on any atom is -0.370 e. The van der Waals surface area contributed by atoms with Gasteiger partial charge in [-0.1, -0.05) is 13.8 Å². The summed E-state index contributed by atoms with van der Waals surface area (Å²) >= 11 is 0. The molecular weight excluding hydrogens is 276 g/mol. The zero-order valence-electron chi connectivity index (χ0n) is 13.6. The fourth-order valence-electron chi connectivity index (χ4n) is 7.62. The normalized spacial score (nSPS) is 67.5. The van der Waals surface area contributed by atoms with Crippen molar-refractivity contribution in [1.82, 2.24) is 0 Å². The van der Waals surface area contributed by atoms with Crippen LogP contribution in [0.3, 0.4) is 0 Å². The number of rotatable bonds is 0. The van der Waals surface area contributed by atoms with Crippen LogP contribution in [0.1, 0.15) is 52.4 Å². The summed E-state index contributed by atoms with van der Waals surface area (Å²) < 4.78 is 11.6. The highest BCUT2D eigenvalue weighted by molar-refractivity contribution is 5.92. The molecule has 3 nitrogen and oxygen atoms in total. The fourth-order valence-corrected chi connectivity index (χ4v) is 7.62. The minimum absolute atomic E-state index is 0.0261. The van der Waals surface area contributed by atoms with Gasteiger partial charge in [-0.15, -0.1) is 0 Å². The number of carbonyl (C=O) groups excluding carboxylic acids is 1. The van der Waals surface area contributed by atoms with Gasteiger partial charge in [-0.25, -0.2) is 0 Å². The van der Waals surface area contributed by atoms with E-state index in [4.69, 9.17) is 9.47 Å². The first kappa shape index (κ1) is 12.9. The maximum atomic E-state index is 12.8. The van der Waals surface area contributed by atoms with Crippen molar-refractivity contribution in [3.63, 3.8) is 0 Å². The molecule has 0 aromatic heterocycles. The van der Waals surface area contributed by atoms with Crippen LogP contribution in [0.25, 0.3) is 0 Å². The maximum Gasteiger partial charge on any atom is 0.168 e. The van der Waals surface area contributed by atoms with Crippen molar-refractivity contribution >= 4 is 5.78 Å². The predicted molar refractivity (Wildman–Crippen MR) is 80.2 cm³/mol. The largest absolute Gasteiger partial charge is 0.370 e. The van der Waals surface area contributed by atoms with Crippen molar-refractivity contribution in [3.05, 3.63) is 0 Å². The van der Waals surface area contributed by atoms with E-state index >= 15 is 0 Å². The van der Waals surface area contributed by atoms with Gasteiger partial charge in [0.05, 0.1) is 18.3 Å². The van der Waals surface area contributed by atoms with E-state index in [1.54, 1.807) is 0 Å². The van der Waals surface area contributed by atoms with Gasteiger partial charge < -0.3 is 9.47 Å². The Hall–Kier alpha value is -0.410. The number of fused-ring (bicyclic) bond motifs is 8. The topological polar surface area (TPSA) is 42.1 Å². The molecule has 0 N–H and O–H groups in total. The van der Waals surface area contributed by atoms with E-state index in [0.717, 1.165) is 11.8 Å². The molecule has 0 aromatic carbocycles. The van der Waals surface area contributed by atoms with Gasteiger partial charge in [0.15, 0.2) is 5.78 Å². The van der Waals surface area contributed by atoms with Gasteiger partial charge in [-0.2, -0.15) is 0 Å². The Kier molecular flexibility index (Phi) is 2.14. The van der Waals surface area contributed by atoms with Gasteiger partial charge in [0.2, 0.25) is 0 Å². The molecule has 2 saturated heterocycles. The quantitative estimate of drug-likeness (QED) is 0.646. The van der Waals surface area contributed by atoms with Crippen molar-refractivity contribution in [2.24, 2.45) is 34.5 Å². The van der Waals surface area contributed by atoms with Crippen molar-refractivity contribution in [2.45, 2.75) is 76.8 Å². The van der Waals surface area contributed by atoms with E-state index in [1.807, 2.05) is 0 Å². The van der Waals surface area contributed by atoms with E-state index in [1.165, 1.54) is 38.5 Å². The molecule has 0 amide bonds. The molecule has 6 rings (SSSR count). The third kappa shape index (κ3) is 1.32. The lowest BCUT2D eigenvalue weighted by Gasteiger charge is -2.59. The second kappa shape index (κ2) is 3.64. The zero-order chi connectivity index (χ0) is 14.9. The first-order valence-corrected chi connectivity index (χ1v) is 9.37. The molecule has 2 heterocycles. The molecule has 0 unspecified atom stereocenters. The smallest absolute Gasteiger partial charge is 0.168 e. The van der Waals surface area contributed by atoms with Gasteiger partial charge in [-0.05, 0) is 61.7 Å². The molecule has 0 bridgehead atoms. The Morgan fingerprint density at radius 3 is 2.77 bits per heavy atom. The monoisotopic (exact) mass is 302 g/mol. The molecule has 120 valence electrons.